The Bertz CT molecular complexity index is 742. The van der Waals surface area contributed by atoms with Gasteiger partial charge in [-0.25, -0.2) is 9.97 Å². The minimum absolute atomic E-state index is 0.780. The maximum atomic E-state index is 4.52. The van der Waals surface area contributed by atoms with Crippen LogP contribution in [0.25, 0.3) is 10.8 Å². The van der Waals surface area contributed by atoms with Crippen molar-refractivity contribution in [2.75, 3.05) is 17.7 Å². The maximum Gasteiger partial charge on any atom is 0.136 e. The van der Waals surface area contributed by atoms with Gasteiger partial charge in [0.25, 0.3) is 0 Å². The van der Waals surface area contributed by atoms with Gasteiger partial charge in [0.15, 0.2) is 0 Å². The second kappa shape index (κ2) is 5.75. The van der Waals surface area contributed by atoms with Gasteiger partial charge in [0.05, 0.1) is 0 Å². The molecule has 0 saturated heterocycles. The second-order valence-corrected chi connectivity index (χ2v) is 4.69. The molecule has 0 aliphatic carbocycles. The van der Waals surface area contributed by atoms with E-state index in [0.717, 1.165) is 40.3 Å². The van der Waals surface area contributed by atoms with Gasteiger partial charge >= 0.3 is 0 Å². The Morgan fingerprint density at radius 3 is 2.76 bits per heavy atom. The number of anilines is 3. The normalized spacial score (nSPS) is 10.6. The van der Waals surface area contributed by atoms with E-state index >= 15 is 0 Å². The van der Waals surface area contributed by atoms with Crippen molar-refractivity contribution >= 4 is 28.1 Å². The molecule has 0 fully saturated rings. The van der Waals surface area contributed by atoms with E-state index in [4.69, 9.17) is 0 Å². The minimum atomic E-state index is 0.780. The highest BCUT2D eigenvalue weighted by Crippen LogP contribution is 2.25. The molecule has 0 aliphatic rings. The minimum Gasteiger partial charge on any atom is -0.373 e. The van der Waals surface area contributed by atoms with Crippen molar-refractivity contribution in [2.45, 2.75) is 13.3 Å². The van der Waals surface area contributed by atoms with Crippen LogP contribution in [0.4, 0.5) is 17.3 Å². The molecular formula is C16H17N5. The fourth-order valence-corrected chi connectivity index (χ4v) is 2.21. The van der Waals surface area contributed by atoms with Crippen LogP contribution in [0.1, 0.15) is 12.7 Å². The smallest absolute Gasteiger partial charge is 0.136 e. The summed E-state index contributed by atoms with van der Waals surface area (Å²) in [6.45, 7) is 2.04. The quantitative estimate of drug-likeness (QED) is 0.766. The largest absolute Gasteiger partial charge is 0.373 e. The third kappa shape index (κ3) is 2.76. The average molecular weight is 279 g/mol. The summed E-state index contributed by atoms with van der Waals surface area (Å²) >= 11 is 0. The van der Waals surface area contributed by atoms with Crippen LogP contribution >= 0.6 is 0 Å². The van der Waals surface area contributed by atoms with Crippen LogP contribution in [0, 0.1) is 0 Å². The Labute approximate surface area is 123 Å². The molecule has 21 heavy (non-hydrogen) atoms. The van der Waals surface area contributed by atoms with Crippen molar-refractivity contribution in [2.24, 2.45) is 0 Å². The summed E-state index contributed by atoms with van der Waals surface area (Å²) in [5.41, 5.74) is 0.989. The van der Waals surface area contributed by atoms with Gasteiger partial charge in [-0.2, -0.15) is 0 Å². The Balaban J connectivity index is 2.02. The molecule has 1 aromatic carbocycles. The Morgan fingerprint density at radius 2 is 1.95 bits per heavy atom. The molecule has 0 atom stereocenters. The van der Waals surface area contributed by atoms with E-state index < -0.39 is 0 Å². The SMILES string of the molecule is CCc1nc(NC)cc(Nc2cccc3ccncc23)n1. The zero-order valence-electron chi connectivity index (χ0n) is 12.1. The number of fused-ring (bicyclic) bond motifs is 1. The first-order valence-electron chi connectivity index (χ1n) is 6.95. The molecule has 0 saturated carbocycles. The van der Waals surface area contributed by atoms with Crippen molar-refractivity contribution < 1.29 is 0 Å². The molecule has 3 rings (SSSR count). The lowest BCUT2D eigenvalue weighted by molar-refractivity contribution is 0.945. The van der Waals surface area contributed by atoms with Gasteiger partial charge in [0, 0.05) is 43.0 Å². The summed E-state index contributed by atoms with van der Waals surface area (Å²) in [5, 5.41) is 8.65. The molecule has 5 heteroatoms. The van der Waals surface area contributed by atoms with E-state index in [0.29, 0.717) is 0 Å². The van der Waals surface area contributed by atoms with Crippen LogP contribution in [0.2, 0.25) is 0 Å². The topological polar surface area (TPSA) is 62.7 Å². The molecule has 2 N–H and O–H groups in total. The fraction of sp³-hybridized carbons (Fsp3) is 0.188. The second-order valence-electron chi connectivity index (χ2n) is 4.69. The van der Waals surface area contributed by atoms with Gasteiger partial charge in [0.1, 0.15) is 17.5 Å². The summed E-state index contributed by atoms with van der Waals surface area (Å²) < 4.78 is 0. The summed E-state index contributed by atoms with van der Waals surface area (Å²) in [6.07, 6.45) is 4.45. The molecule has 3 aromatic rings. The number of aryl methyl sites for hydroxylation is 1. The van der Waals surface area contributed by atoms with Crippen LogP contribution in [0.15, 0.2) is 42.7 Å². The fourth-order valence-electron chi connectivity index (χ4n) is 2.21. The highest BCUT2D eigenvalue weighted by atomic mass is 15.1. The Morgan fingerprint density at radius 1 is 1.10 bits per heavy atom. The molecule has 106 valence electrons. The highest BCUT2D eigenvalue weighted by Gasteiger charge is 2.05. The molecule has 5 nitrogen and oxygen atoms in total. The Kier molecular flexibility index (Phi) is 3.64. The van der Waals surface area contributed by atoms with Crippen molar-refractivity contribution in [1.29, 1.82) is 0 Å². The lowest BCUT2D eigenvalue weighted by Crippen LogP contribution is -2.03. The average Bonchev–Trinajstić information content (AvgIpc) is 2.55. The van der Waals surface area contributed by atoms with E-state index in [1.54, 1.807) is 6.20 Å². The number of nitrogens with one attached hydrogen (secondary N) is 2. The zero-order valence-corrected chi connectivity index (χ0v) is 12.1. The van der Waals surface area contributed by atoms with Gasteiger partial charge in [0.2, 0.25) is 0 Å². The van der Waals surface area contributed by atoms with Gasteiger partial charge in [-0.15, -0.1) is 0 Å². The predicted molar refractivity (Wildman–Crippen MR) is 86.0 cm³/mol. The van der Waals surface area contributed by atoms with E-state index in [1.807, 2.05) is 44.4 Å². The molecular weight excluding hydrogens is 262 g/mol. The van der Waals surface area contributed by atoms with Gasteiger partial charge < -0.3 is 10.6 Å². The first-order chi connectivity index (χ1) is 10.3. The molecule has 0 bridgehead atoms. The molecule has 0 radical (unpaired) electrons. The van der Waals surface area contributed by atoms with Crippen LogP contribution in [0.3, 0.4) is 0 Å². The van der Waals surface area contributed by atoms with Gasteiger partial charge in [-0.1, -0.05) is 19.1 Å². The maximum absolute atomic E-state index is 4.52. The van der Waals surface area contributed by atoms with E-state index in [1.165, 1.54) is 0 Å². The Hall–Kier alpha value is -2.69. The molecule has 0 unspecified atom stereocenters. The predicted octanol–water partition coefficient (Wildman–Crippen LogP) is 3.37. The third-order valence-electron chi connectivity index (χ3n) is 3.29. The number of benzene rings is 1. The summed E-state index contributed by atoms with van der Waals surface area (Å²) in [5.74, 6) is 2.40. The number of hydrogen-bond acceptors (Lipinski definition) is 5. The van der Waals surface area contributed by atoms with Gasteiger partial charge in [-0.3, -0.25) is 4.98 Å². The van der Waals surface area contributed by atoms with Crippen LogP contribution in [0.5, 0.6) is 0 Å². The lowest BCUT2D eigenvalue weighted by atomic mass is 10.1. The van der Waals surface area contributed by atoms with Crippen LogP contribution < -0.4 is 10.6 Å². The van der Waals surface area contributed by atoms with Crippen molar-refractivity contribution in [3.63, 3.8) is 0 Å². The van der Waals surface area contributed by atoms with Crippen molar-refractivity contribution in [3.8, 4) is 0 Å². The number of pyridine rings is 1. The van der Waals surface area contributed by atoms with Gasteiger partial charge in [-0.05, 0) is 17.5 Å². The van der Waals surface area contributed by atoms with E-state index in [9.17, 15) is 0 Å². The number of nitrogens with zero attached hydrogens (tertiary/aromatic N) is 3. The first-order valence-corrected chi connectivity index (χ1v) is 6.95. The monoisotopic (exact) mass is 279 g/mol. The van der Waals surface area contributed by atoms with Crippen LogP contribution in [-0.2, 0) is 6.42 Å². The van der Waals surface area contributed by atoms with Crippen LogP contribution in [-0.4, -0.2) is 22.0 Å². The van der Waals surface area contributed by atoms with E-state index in [2.05, 4.69) is 31.7 Å². The molecule has 0 spiro atoms. The van der Waals surface area contributed by atoms with Crippen molar-refractivity contribution in [1.82, 2.24) is 15.0 Å². The molecule has 0 aliphatic heterocycles. The number of hydrogen-bond donors (Lipinski definition) is 2. The summed E-state index contributed by atoms with van der Waals surface area (Å²) in [6, 6.07) is 10.0. The first kappa shape index (κ1) is 13.3. The molecule has 2 heterocycles. The zero-order chi connectivity index (χ0) is 14.7. The number of aromatic nitrogens is 3. The third-order valence-corrected chi connectivity index (χ3v) is 3.29. The molecule has 2 aromatic heterocycles. The van der Waals surface area contributed by atoms with E-state index in [-0.39, 0.29) is 0 Å². The summed E-state index contributed by atoms with van der Waals surface area (Å²) in [4.78, 5) is 13.1. The number of rotatable bonds is 4. The van der Waals surface area contributed by atoms with Crippen molar-refractivity contribution in [3.05, 3.63) is 48.5 Å². The summed E-state index contributed by atoms with van der Waals surface area (Å²) in [7, 11) is 1.85. The lowest BCUT2D eigenvalue weighted by Gasteiger charge is -2.11. The molecule has 0 amide bonds. The highest BCUT2D eigenvalue weighted by molar-refractivity contribution is 5.94. The standard InChI is InChI=1S/C16H17N5/c1-3-14-20-15(17-2)9-16(21-14)19-13-6-4-5-11-7-8-18-10-12(11)13/h4-10H,3H2,1-2H3,(H2,17,19,20,21).